The number of ether oxygens (including phenoxy) is 2. The van der Waals surface area contributed by atoms with E-state index in [0.29, 0.717) is 16.3 Å². The summed E-state index contributed by atoms with van der Waals surface area (Å²) in [5.41, 5.74) is 0.739. The van der Waals surface area contributed by atoms with Gasteiger partial charge in [-0.15, -0.1) is 0 Å². The van der Waals surface area contributed by atoms with Crippen LogP contribution in [0.2, 0.25) is 5.02 Å². The molecule has 0 aliphatic carbocycles. The Hall–Kier alpha value is -3.27. The highest BCUT2D eigenvalue weighted by Crippen LogP contribution is 2.34. The molecule has 2 aromatic heterocycles. The van der Waals surface area contributed by atoms with E-state index >= 15 is 0 Å². The summed E-state index contributed by atoms with van der Waals surface area (Å²) in [7, 11) is 1.42. The number of halogens is 4. The van der Waals surface area contributed by atoms with Gasteiger partial charge in [-0.1, -0.05) is 23.7 Å². The van der Waals surface area contributed by atoms with Gasteiger partial charge >= 0.3 is 6.18 Å². The number of carbonyl (C=O) groups excluding carboxylic acids is 1. The predicted molar refractivity (Wildman–Crippen MR) is 105 cm³/mol. The Morgan fingerprint density at radius 2 is 1.97 bits per heavy atom. The fourth-order valence-corrected chi connectivity index (χ4v) is 2.63. The molecule has 3 rings (SSSR count). The topological polar surface area (TPSA) is 86.5 Å². The zero-order valence-electron chi connectivity index (χ0n) is 16.4. The summed E-state index contributed by atoms with van der Waals surface area (Å²) in [6.07, 6.45) is -5.55. The third-order valence-electron chi connectivity index (χ3n) is 4.19. The molecule has 7 nitrogen and oxygen atoms in total. The summed E-state index contributed by atoms with van der Waals surface area (Å²) in [6, 6.07) is 9.20. The van der Waals surface area contributed by atoms with Crippen molar-refractivity contribution >= 4 is 17.5 Å². The normalized spacial score (nSPS) is 12.3. The second-order valence-corrected chi connectivity index (χ2v) is 6.83. The zero-order chi connectivity index (χ0) is 22.6. The molecular formula is C20H17ClF3N3O4. The Kier molecular flexibility index (Phi) is 6.69. The molecule has 0 aliphatic rings. The highest BCUT2D eigenvalue weighted by atomic mass is 35.5. The van der Waals surface area contributed by atoms with Gasteiger partial charge < -0.3 is 19.3 Å². The van der Waals surface area contributed by atoms with Gasteiger partial charge in [0.05, 0.1) is 19.9 Å². The lowest BCUT2D eigenvalue weighted by molar-refractivity contribution is -0.189. The number of hydrogen-bond donors (Lipinski definition) is 1. The number of carbonyl (C=O) groups is 1. The van der Waals surface area contributed by atoms with Gasteiger partial charge in [-0.2, -0.15) is 13.2 Å². The van der Waals surface area contributed by atoms with Crippen LogP contribution in [-0.2, 0) is 6.54 Å². The fourth-order valence-electron chi connectivity index (χ4n) is 2.50. The monoisotopic (exact) mass is 455 g/mol. The Bertz CT molecular complexity index is 1050. The van der Waals surface area contributed by atoms with Crippen molar-refractivity contribution in [2.75, 3.05) is 7.11 Å². The molecule has 164 valence electrons. The standard InChI is InChI=1S/C20H17ClF3N3O4/c1-11(20(22,23)24)30-17-10-25-16(8-15(17)12-3-5-13(21)6-4-12)19(28)26-9-14-7-18(29-2)27-31-14/h3-8,10-11H,9H2,1-2H3,(H,26,28). The quantitative estimate of drug-likeness (QED) is 0.557. The molecule has 0 fully saturated rings. The van der Waals surface area contributed by atoms with Crippen molar-refractivity contribution in [3.05, 3.63) is 59.1 Å². The van der Waals surface area contributed by atoms with Gasteiger partial charge in [0.2, 0.25) is 0 Å². The molecule has 0 saturated heterocycles. The molecule has 1 amide bonds. The average Bonchev–Trinajstić information content (AvgIpc) is 3.20. The van der Waals surface area contributed by atoms with Gasteiger partial charge in [0.15, 0.2) is 11.9 Å². The molecule has 0 aliphatic heterocycles. The summed E-state index contributed by atoms with van der Waals surface area (Å²) in [6.45, 7) is 0.897. The Labute approximate surface area is 180 Å². The number of nitrogens with one attached hydrogen (secondary N) is 1. The largest absolute Gasteiger partial charge is 0.479 e. The van der Waals surface area contributed by atoms with Gasteiger partial charge in [-0.25, -0.2) is 4.98 Å². The van der Waals surface area contributed by atoms with Crippen molar-refractivity contribution in [3.63, 3.8) is 0 Å². The molecule has 3 aromatic rings. The second-order valence-electron chi connectivity index (χ2n) is 6.39. The molecule has 31 heavy (non-hydrogen) atoms. The van der Waals surface area contributed by atoms with Crippen LogP contribution >= 0.6 is 11.6 Å². The summed E-state index contributed by atoms with van der Waals surface area (Å²) in [5, 5.41) is 6.66. The van der Waals surface area contributed by atoms with Gasteiger partial charge in [-0.3, -0.25) is 4.79 Å². The number of nitrogens with zero attached hydrogens (tertiary/aromatic N) is 2. The van der Waals surface area contributed by atoms with E-state index in [1.165, 1.54) is 19.2 Å². The van der Waals surface area contributed by atoms with E-state index in [4.69, 9.17) is 25.6 Å². The van der Waals surface area contributed by atoms with E-state index in [-0.39, 0.29) is 29.4 Å². The second kappa shape index (κ2) is 9.25. The number of rotatable bonds is 7. The Morgan fingerprint density at radius 1 is 1.26 bits per heavy atom. The van der Waals surface area contributed by atoms with Crippen molar-refractivity contribution in [1.82, 2.24) is 15.5 Å². The minimum Gasteiger partial charge on any atom is -0.479 e. The van der Waals surface area contributed by atoms with Crippen LogP contribution in [0.4, 0.5) is 13.2 Å². The van der Waals surface area contributed by atoms with Gasteiger partial charge in [0, 0.05) is 16.7 Å². The number of pyridine rings is 1. The first kappa shape index (κ1) is 22.4. The summed E-state index contributed by atoms with van der Waals surface area (Å²) in [5.74, 6) is -0.0839. The van der Waals surface area contributed by atoms with E-state index < -0.39 is 18.2 Å². The lowest BCUT2D eigenvalue weighted by Crippen LogP contribution is -2.31. The van der Waals surface area contributed by atoms with E-state index in [0.717, 1.165) is 13.1 Å². The van der Waals surface area contributed by atoms with Crippen LogP contribution in [0.25, 0.3) is 11.1 Å². The molecule has 0 spiro atoms. The molecule has 2 heterocycles. The van der Waals surface area contributed by atoms with Crippen LogP contribution in [0, 0.1) is 0 Å². The van der Waals surface area contributed by atoms with Crippen LogP contribution in [0.3, 0.4) is 0 Å². The van der Waals surface area contributed by atoms with E-state index in [9.17, 15) is 18.0 Å². The Balaban J connectivity index is 1.86. The van der Waals surface area contributed by atoms with Crippen molar-refractivity contribution in [2.45, 2.75) is 25.7 Å². The highest BCUT2D eigenvalue weighted by molar-refractivity contribution is 6.30. The maximum Gasteiger partial charge on any atom is 0.425 e. The number of benzene rings is 1. The van der Waals surface area contributed by atoms with E-state index in [2.05, 4.69) is 15.5 Å². The first-order chi connectivity index (χ1) is 14.7. The van der Waals surface area contributed by atoms with Crippen LogP contribution < -0.4 is 14.8 Å². The van der Waals surface area contributed by atoms with Crippen LogP contribution in [0.15, 0.2) is 47.1 Å². The zero-order valence-corrected chi connectivity index (χ0v) is 17.1. The van der Waals surface area contributed by atoms with Crippen molar-refractivity contribution < 1.29 is 32.0 Å². The third-order valence-corrected chi connectivity index (χ3v) is 4.44. The fraction of sp³-hybridized carbons (Fsp3) is 0.250. The van der Waals surface area contributed by atoms with Crippen molar-refractivity contribution in [2.24, 2.45) is 0 Å². The first-order valence-corrected chi connectivity index (χ1v) is 9.32. The molecular weight excluding hydrogens is 439 g/mol. The van der Waals surface area contributed by atoms with Crippen molar-refractivity contribution in [3.8, 4) is 22.8 Å². The lowest BCUT2D eigenvalue weighted by atomic mass is 10.0. The van der Waals surface area contributed by atoms with Crippen LogP contribution in [0.5, 0.6) is 11.6 Å². The number of aromatic nitrogens is 2. The molecule has 0 bridgehead atoms. The summed E-state index contributed by atoms with van der Waals surface area (Å²) in [4.78, 5) is 16.5. The van der Waals surface area contributed by atoms with E-state index in [1.54, 1.807) is 24.3 Å². The highest BCUT2D eigenvalue weighted by Gasteiger charge is 2.38. The number of methoxy groups -OCH3 is 1. The number of alkyl halides is 3. The molecule has 0 saturated carbocycles. The van der Waals surface area contributed by atoms with E-state index in [1.807, 2.05) is 0 Å². The molecule has 1 atom stereocenters. The molecule has 0 radical (unpaired) electrons. The smallest absolute Gasteiger partial charge is 0.425 e. The summed E-state index contributed by atoms with van der Waals surface area (Å²) >= 11 is 5.90. The number of hydrogen-bond acceptors (Lipinski definition) is 6. The van der Waals surface area contributed by atoms with Gasteiger partial charge in [0.1, 0.15) is 11.4 Å². The molecule has 1 aromatic carbocycles. The maximum absolute atomic E-state index is 13.0. The average molecular weight is 456 g/mol. The van der Waals surface area contributed by atoms with Crippen LogP contribution in [0.1, 0.15) is 23.2 Å². The SMILES string of the molecule is COc1cc(CNC(=O)c2cc(-c3ccc(Cl)cc3)c(OC(C)C(F)(F)F)cn2)on1. The van der Waals surface area contributed by atoms with Gasteiger partial charge in [0.25, 0.3) is 11.8 Å². The summed E-state index contributed by atoms with van der Waals surface area (Å²) < 4.78 is 53.9. The van der Waals surface area contributed by atoms with Crippen molar-refractivity contribution in [1.29, 1.82) is 0 Å². The molecule has 11 heteroatoms. The first-order valence-electron chi connectivity index (χ1n) is 8.94. The van der Waals surface area contributed by atoms with Crippen LogP contribution in [-0.4, -0.2) is 35.4 Å². The third kappa shape index (κ3) is 5.66. The van der Waals surface area contributed by atoms with Gasteiger partial charge in [-0.05, 0) is 35.8 Å². The minimum absolute atomic E-state index is 0.0104. The maximum atomic E-state index is 13.0. The lowest BCUT2D eigenvalue weighted by Gasteiger charge is -2.20. The molecule has 1 N–H and O–H groups in total. The minimum atomic E-state index is -4.56. The number of amides is 1. The predicted octanol–water partition coefficient (Wildman–Crippen LogP) is 4.66. The Morgan fingerprint density at radius 3 is 2.58 bits per heavy atom. The molecule has 1 unspecified atom stereocenters.